The fourth-order valence-corrected chi connectivity index (χ4v) is 0.821. The molecule has 6 nitrogen and oxygen atoms in total. The van der Waals surface area contributed by atoms with Gasteiger partial charge in [-0.1, -0.05) is 0 Å². The lowest BCUT2D eigenvalue weighted by Gasteiger charge is -2.09. The summed E-state index contributed by atoms with van der Waals surface area (Å²) in [6.07, 6.45) is 1.53. The Bertz CT molecular complexity index is 200. The molecular formula is C8H18N2O4S2. The molecule has 0 aromatic heterocycles. The Morgan fingerprint density at radius 1 is 1.25 bits per heavy atom. The van der Waals surface area contributed by atoms with Crippen molar-refractivity contribution >= 4 is 34.8 Å². The molecule has 1 unspecified atom stereocenters. The highest BCUT2D eigenvalue weighted by Crippen LogP contribution is 2.00. The minimum atomic E-state index is -0.543. The Balaban J connectivity index is 0. The van der Waals surface area contributed by atoms with E-state index in [0.29, 0.717) is 12.8 Å². The van der Waals surface area contributed by atoms with Gasteiger partial charge in [0.25, 0.3) is 10.3 Å². The molecule has 0 aromatic rings. The van der Waals surface area contributed by atoms with Crippen LogP contribution in [0.3, 0.4) is 0 Å². The largest absolute Gasteiger partial charge is 0.487 e. The summed E-state index contributed by atoms with van der Waals surface area (Å²) in [6, 6.07) is 0. The van der Waals surface area contributed by atoms with E-state index in [2.05, 4.69) is 30.2 Å². The van der Waals surface area contributed by atoms with Crippen LogP contribution in [0.15, 0.2) is 0 Å². The van der Waals surface area contributed by atoms with E-state index in [1.165, 1.54) is 0 Å². The number of rotatable bonds is 6. The van der Waals surface area contributed by atoms with E-state index >= 15 is 0 Å². The average Bonchev–Trinajstić information content (AvgIpc) is 2.14. The van der Waals surface area contributed by atoms with Crippen LogP contribution in [0.5, 0.6) is 0 Å². The zero-order chi connectivity index (χ0) is 13.0. The van der Waals surface area contributed by atoms with Gasteiger partial charge in [0.2, 0.25) is 0 Å². The maximum absolute atomic E-state index is 9.20. The summed E-state index contributed by atoms with van der Waals surface area (Å²) in [5.41, 5.74) is 9.45. The summed E-state index contributed by atoms with van der Waals surface area (Å²) in [4.78, 5) is 0. The number of ether oxygens (including phenoxy) is 1. The van der Waals surface area contributed by atoms with E-state index in [0.717, 1.165) is 6.42 Å². The number of aliphatic hydroxyl groups excluding tert-OH is 3. The van der Waals surface area contributed by atoms with Crippen LogP contribution < -0.4 is 11.5 Å². The Morgan fingerprint density at radius 3 is 2.12 bits per heavy atom. The van der Waals surface area contributed by atoms with Crippen LogP contribution in [0, 0.1) is 0 Å². The van der Waals surface area contributed by atoms with Gasteiger partial charge in [0, 0.05) is 6.61 Å². The molecule has 0 aromatic carbocycles. The number of hydrogen-bond donors (Lipinski definition) is 5. The minimum absolute atomic E-state index is 0.0452. The van der Waals surface area contributed by atoms with E-state index in [4.69, 9.17) is 20.7 Å². The summed E-state index contributed by atoms with van der Waals surface area (Å²) < 4.78 is 4.73. The number of aliphatic hydroxyl groups is 3. The summed E-state index contributed by atoms with van der Waals surface area (Å²) in [5.74, 6) is 0. The highest BCUT2D eigenvalue weighted by molar-refractivity contribution is 7.80. The Kier molecular flexibility index (Phi) is 13.7. The van der Waals surface area contributed by atoms with Crippen LogP contribution in [-0.4, -0.2) is 45.0 Å². The zero-order valence-electron chi connectivity index (χ0n) is 8.83. The van der Waals surface area contributed by atoms with Gasteiger partial charge in [-0.25, -0.2) is 0 Å². The van der Waals surface area contributed by atoms with Gasteiger partial charge in [-0.2, -0.15) is 0 Å². The SMILES string of the molecule is NC(=S)OCC(O)CCCCO.NC(O)=S. The Hall–Kier alpha value is -0.700. The van der Waals surface area contributed by atoms with Gasteiger partial charge in [0.15, 0.2) is 0 Å². The van der Waals surface area contributed by atoms with Crippen LogP contribution in [0.2, 0.25) is 0 Å². The normalized spacial score (nSPS) is 10.9. The molecule has 8 heteroatoms. The third kappa shape index (κ3) is 23.3. The molecule has 0 aliphatic carbocycles. The van der Waals surface area contributed by atoms with Gasteiger partial charge in [-0.3, -0.25) is 0 Å². The smallest absolute Gasteiger partial charge is 0.254 e. The van der Waals surface area contributed by atoms with Crippen molar-refractivity contribution in [2.24, 2.45) is 11.5 Å². The molecule has 1 atom stereocenters. The predicted octanol–water partition coefficient (Wildman–Crippen LogP) is -0.442. The lowest BCUT2D eigenvalue weighted by Crippen LogP contribution is -2.21. The quantitative estimate of drug-likeness (QED) is 0.325. The molecule has 0 aliphatic heterocycles. The highest BCUT2D eigenvalue weighted by Gasteiger charge is 2.04. The molecule has 0 bridgehead atoms. The lowest BCUT2D eigenvalue weighted by atomic mass is 10.2. The maximum Gasteiger partial charge on any atom is 0.254 e. The Morgan fingerprint density at radius 2 is 1.75 bits per heavy atom. The second-order valence-electron chi connectivity index (χ2n) is 2.84. The van der Waals surface area contributed by atoms with Gasteiger partial charge in [0.05, 0.1) is 6.10 Å². The highest BCUT2D eigenvalue weighted by atomic mass is 32.1. The van der Waals surface area contributed by atoms with Crippen LogP contribution in [0.4, 0.5) is 0 Å². The number of thiocarbonyl (C=S) groups is 2. The number of hydrogen-bond acceptors (Lipinski definition) is 5. The first-order valence-corrected chi connectivity index (χ1v) is 5.41. The van der Waals surface area contributed by atoms with Gasteiger partial charge in [0.1, 0.15) is 6.61 Å². The minimum Gasteiger partial charge on any atom is -0.487 e. The second kappa shape index (κ2) is 12.4. The van der Waals surface area contributed by atoms with Crippen molar-refractivity contribution < 1.29 is 20.1 Å². The van der Waals surface area contributed by atoms with Gasteiger partial charge in [-0.15, -0.1) is 0 Å². The van der Waals surface area contributed by atoms with Crippen molar-refractivity contribution in [3.63, 3.8) is 0 Å². The van der Waals surface area contributed by atoms with Gasteiger partial charge in [-0.05, 0) is 43.7 Å². The number of unbranched alkanes of at least 4 members (excludes halogenated alkanes) is 1. The van der Waals surface area contributed by atoms with Crippen molar-refractivity contribution in [1.82, 2.24) is 0 Å². The monoisotopic (exact) mass is 270 g/mol. The summed E-state index contributed by atoms with van der Waals surface area (Å²) in [5, 5.41) is 24.7. The number of nitrogens with two attached hydrogens (primary N) is 2. The van der Waals surface area contributed by atoms with E-state index in [-0.39, 0.29) is 18.4 Å². The Labute approximate surface area is 105 Å². The molecule has 0 aliphatic rings. The first-order chi connectivity index (χ1) is 7.40. The molecule has 7 N–H and O–H groups in total. The van der Waals surface area contributed by atoms with Crippen LogP contribution in [0.25, 0.3) is 0 Å². The summed E-state index contributed by atoms with van der Waals surface area (Å²) in [7, 11) is 0. The summed E-state index contributed by atoms with van der Waals surface area (Å²) >= 11 is 8.32. The third-order valence-corrected chi connectivity index (χ3v) is 1.48. The molecule has 0 heterocycles. The first kappa shape index (κ1) is 17.7. The standard InChI is InChI=1S/C7H15NO3S.CH3NOS/c8-7(12)11-5-6(10)3-1-2-4-9;2-1(3)4/h6,9-10H,1-5H2,(H2,8,12);(H3,2,3,4). The zero-order valence-corrected chi connectivity index (χ0v) is 10.5. The molecule has 0 saturated heterocycles. The molecule has 0 saturated carbocycles. The second-order valence-corrected chi connectivity index (χ2v) is 3.66. The lowest BCUT2D eigenvalue weighted by molar-refractivity contribution is 0.0917. The van der Waals surface area contributed by atoms with Gasteiger partial charge < -0.3 is 31.5 Å². The molecule has 96 valence electrons. The predicted molar refractivity (Wildman–Crippen MR) is 69.1 cm³/mol. The molecule has 0 spiro atoms. The van der Waals surface area contributed by atoms with Crippen LogP contribution in [0.1, 0.15) is 19.3 Å². The molecule has 0 radical (unpaired) electrons. The van der Waals surface area contributed by atoms with Crippen LogP contribution >= 0.6 is 24.4 Å². The van der Waals surface area contributed by atoms with Crippen molar-refractivity contribution in [1.29, 1.82) is 0 Å². The van der Waals surface area contributed by atoms with E-state index < -0.39 is 11.3 Å². The molecular weight excluding hydrogens is 252 g/mol. The van der Waals surface area contributed by atoms with E-state index in [1.807, 2.05) is 0 Å². The molecule has 0 rings (SSSR count). The van der Waals surface area contributed by atoms with Crippen LogP contribution in [-0.2, 0) is 4.74 Å². The van der Waals surface area contributed by atoms with Crippen molar-refractivity contribution in [3.05, 3.63) is 0 Å². The summed E-state index contributed by atoms with van der Waals surface area (Å²) in [6.45, 7) is 0.295. The molecule has 0 amide bonds. The maximum atomic E-state index is 9.20. The topological polar surface area (TPSA) is 122 Å². The first-order valence-electron chi connectivity index (χ1n) is 4.59. The van der Waals surface area contributed by atoms with Crippen molar-refractivity contribution in [2.75, 3.05) is 13.2 Å². The fourth-order valence-electron chi connectivity index (χ4n) is 0.753. The van der Waals surface area contributed by atoms with E-state index in [9.17, 15) is 5.11 Å². The van der Waals surface area contributed by atoms with Crippen molar-refractivity contribution in [2.45, 2.75) is 25.4 Å². The fraction of sp³-hybridized carbons (Fsp3) is 0.750. The van der Waals surface area contributed by atoms with Crippen molar-refractivity contribution in [3.8, 4) is 0 Å². The molecule has 16 heavy (non-hydrogen) atoms. The molecule has 0 fully saturated rings. The average molecular weight is 270 g/mol. The third-order valence-electron chi connectivity index (χ3n) is 1.36. The van der Waals surface area contributed by atoms with E-state index in [1.54, 1.807) is 0 Å². The van der Waals surface area contributed by atoms with Gasteiger partial charge >= 0.3 is 0 Å².